The van der Waals surface area contributed by atoms with Crippen LogP contribution < -0.4 is 0 Å². The van der Waals surface area contributed by atoms with Gasteiger partial charge in [0.05, 0.1) is 12.4 Å². The van der Waals surface area contributed by atoms with Crippen molar-refractivity contribution in [3.05, 3.63) is 23.2 Å². The number of hydrogen-bond donors (Lipinski definition) is 0. The van der Waals surface area contributed by atoms with Gasteiger partial charge in [-0.05, 0) is 30.4 Å². The molecule has 0 N–H and O–H groups in total. The molecular formula is C12H19FO. The summed E-state index contributed by atoms with van der Waals surface area (Å²) >= 11 is 0. The molecule has 1 atom stereocenters. The molecule has 0 radical (unpaired) electrons. The normalized spacial score (nSPS) is 23.7. The summed E-state index contributed by atoms with van der Waals surface area (Å²) in [4.78, 5) is 0. The zero-order chi connectivity index (χ0) is 10.6. The predicted molar refractivity (Wildman–Crippen MR) is 56.5 cm³/mol. The molecule has 1 rings (SSSR count). The molecule has 0 amide bonds. The van der Waals surface area contributed by atoms with Crippen LogP contribution in [0.1, 0.15) is 40.0 Å². The van der Waals surface area contributed by atoms with Gasteiger partial charge in [-0.2, -0.15) is 0 Å². The van der Waals surface area contributed by atoms with Gasteiger partial charge in [-0.1, -0.05) is 20.8 Å². The standard InChI is InChI=1S/C12H19FO/c1-4-11(13)7-10-6-9(3)8-14-12(10)5-2/h7,9H,4-6,8H2,1-3H3/b11-7+. The minimum absolute atomic E-state index is 0.0522. The fourth-order valence-electron chi connectivity index (χ4n) is 1.64. The van der Waals surface area contributed by atoms with Crippen LogP contribution >= 0.6 is 0 Å². The summed E-state index contributed by atoms with van der Waals surface area (Å²) < 4.78 is 18.7. The van der Waals surface area contributed by atoms with Gasteiger partial charge in [0, 0.05) is 6.42 Å². The van der Waals surface area contributed by atoms with Gasteiger partial charge in [-0.3, -0.25) is 0 Å². The number of halogens is 1. The molecule has 0 spiro atoms. The molecule has 1 aliphatic heterocycles. The van der Waals surface area contributed by atoms with Crippen molar-refractivity contribution in [2.45, 2.75) is 40.0 Å². The van der Waals surface area contributed by atoms with Gasteiger partial charge in [0.2, 0.25) is 0 Å². The number of ether oxygens (including phenoxy) is 1. The van der Waals surface area contributed by atoms with E-state index in [0.717, 1.165) is 30.8 Å². The van der Waals surface area contributed by atoms with Gasteiger partial charge in [-0.15, -0.1) is 0 Å². The lowest BCUT2D eigenvalue weighted by Crippen LogP contribution is -2.14. The highest BCUT2D eigenvalue weighted by molar-refractivity contribution is 5.26. The Hall–Kier alpha value is -0.790. The Bertz CT molecular complexity index is 253. The summed E-state index contributed by atoms with van der Waals surface area (Å²) in [6, 6.07) is 0. The number of hydrogen-bond acceptors (Lipinski definition) is 1. The molecule has 0 aliphatic carbocycles. The quantitative estimate of drug-likeness (QED) is 0.666. The smallest absolute Gasteiger partial charge is 0.100 e. The topological polar surface area (TPSA) is 9.23 Å². The molecule has 0 aromatic carbocycles. The molecule has 0 fully saturated rings. The molecule has 14 heavy (non-hydrogen) atoms. The van der Waals surface area contributed by atoms with Crippen LogP contribution in [-0.2, 0) is 4.74 Å². The summed E-state index contributed by atoms with van der Waals surface area (Å²) in [5.74, 6) is 1.41. The van der Waals surface area contributed by atoms with Gasteiger partial charge in [0.15, 0.2) is 0 Å². The average Bonchev–Trinajstić information content (AvgIpc) is 2.18. The minimum Gasteiger partial charge on any atom is -0.497 e. The first-order chi connectivity index (χ1) is 6.67. The third kappa shape index (κ3) is 2.86. The second-order valence-electron chi connectivity index (χ2n) is 3.87. The van der Waals surface area contributed by atoms with E-state index in [1.165, 1.54) is 0 Å². The van der Waals surface area contributed by atoms with Crippen LogP contribution in [0.25, 0.3) is 0 Å². The summed E-state index contributed by atoms with van der Waals surface area (Å²) in [7, 11) is 0. The second-order valence-corrected chi connectivity index (χ2v) is 3.87. The maximum atomic E-state index is 13.1. The zero-order valence-corrected chi connectivity index (χ0v) is 9.27. The van der Waals surface area contributed by atoms with Crippen molar-refractivity contribution in [3.8, 4) is 0 Å². The van der Waals surface area contributed by atoms with Gasteiger partial charge in [0.1, 0.15) is 5.83 Å². The van der Waals surface area contributed by atoms with E-state index in [1.807, 2.05) is 13.8 Å². The summed E-state index contributed by atoms with van der Waals surface area (Å²) in [6.45, 7) is 6.77. The fraction of sp³-hybridized carbons (Fsp3) is 0.667. The van der Waals surface area contributed by atoms with Crippen LogP contribution in [0.5, 0.6) is 0 Å². The van der Waals surface area contributed by atoms with Crippen molar-refractivity contribution in [1.82, 2.24) is 0 Å². The highest BCUT2D eigenvalue weighted by Crippen LogP contribution is 2.27. The molecule has 0 aromatic heterocycles. The maximum Gasteiger partial charge on any atom is 0.100 e. The Morgan fingerprint density at radius 1 is 1.57 bits per heavy atom. The lowest BCUT2D eigenvalue weighted by atomic mass is 9.97. The Kier molecular flexibility index (Phi) is 4.18. The molecule has 0 saturated heterocycles. The highest BCUT2D eigenvalue weighted by atomic mass is 19.1. The summed E-state index contributed by atoms with van der Waals surface area (Å²) in [5.41, 5.74) is 1.05. The molecular weight excluding hydrogens is 179 g/mol. The number of rotatable bonds is 3. The van der Waals surface area contributed by atoms with Gasteiger partial charge in [-0.25, -0.2) is 4.39 Å². The molecule has 0 bridgehead atoms. The molecule has 1 aliphatic rings. The summed E-state index contributed by atoms with van der Waals surface area (Å²) in [6.07, 6.45) is 3.91. The third-order valence-corrected chi connectivity index (χ3v) is 2.46. The fourth-order valence-corrected chi connectivity index (χ4v) is 1.64. The van der Waals surface area contributed by atoms with Crippen molar-refractivity contribution < 1.29 is 9.13 Å². The van der Waals surface area contributed by atoms with E-state index >= 15 is 0 Å². The van der Waals surface area contributed by atoms with Crippen molar-refractivity contribution in [2.24, 2.45) is 5.92 Å². The molecule has 0 saturated carbocycles. The zero-order valence-electron chi connectivity index (χ0n) is 9.27. The van der Waals surface area contributed by atoms with Crippen LogP contribution in [0.2, 0.25) is 0 Å². The molecule has 80 valence electrons. The van der Waals surface area contributed by atoms with E-state index in [9.17, 15) is 4.39 Å². The third-order valence-electron chi connectivity index (χ3n) is 2.46. The maximum absolute atomic E-state index is 13.1. The van der Waals surface area contributed by atoms with E-state index in [4.69, 9.17) is 4.74 Å². The van der Waals surface area contributed by atoms with Crippen LogP contribution in [0.3, 0.4) is 0 Å². The Balaban J connectivity index is 2.84. The van der Waals surface area contributed by atoms with Crippen LogP contribution in [0.15, 0.2) is 23.2 Å². The van der Waals surface area contributed by atoms with Crippen molar-refractivity contribution in [3.63, 3.8) is 0 Å². The molecule has 1 heterocycles. The number of allylic oxidation sites excluding steroid dienone is 4. The molecule has 1 nitrogen and oxygen atoms in total. The van der Waals surface area contributed by atoms with Crippen LogP contribution in [-0.4, -0.2) is 6.61 Å². The monoisotopic (exact) mass is 198 g/mol. The summed E-state index contributed by atoms with van der Waals surface area (Å²) in [5, 5.41) is 0. The van der Waals surface area contributed by atoms with Gasteiger partial charge in [0.25, 0.3) is 0 Å². The predicted octanol–water partition coefficient (Wildman–Crippen LogP) is 3.97. The van der Waals surface area contributed by atoms with E-state index in [2.05, 4.69) is 6.92 Å². The average molecular weight is 198 g/mol. The second kappa shape index (κ2) is 5.18. The lowest BCUT2D eigenvalue weighted by Gasteiger charge is -2.23. The largest absolute Gasteiger partial charge is 0.497 e. The molecule has 2 heteroatoms. The highest BCUT2D eigenvalue weighted by Gasteiger charge is 2.16. The van der Waals surface area contributed by atoms with Crippen molar-refractivity contribution in [1.29, 1.82) is 0 Å². The van der Waals surface area contributed by atoms with E-state index in [1.54, 1.807) is 6.08 Å². The van der Waals surface area contributed by atoms with Crippen molar-refractivity contribution >= 4 is 0 Å². The van der Waals surface area contributed by atoms with Crippen LogP contribution in [0.4, 0.5) is 4.39 Å². The van der Waals surface area contributed by atoms with Gasteiger partial charge >= 0.3 is 0 Å². The molecule has 1 unspecified atom stereocenters. The lowest BCUT2D eigenvalue weighted by molar-refractivity contribution is 0.143. The van der Waals surface area contributed by atoms with E-state index in [-0.39, 0.29) is 5.83 Å². The van der Waals surface area contributed by atoms with Crippen molar-refractivity contribution in [2.75, 3.05) is 6.61 Å². The van der Waals surface area contributed by atoms with Crippen LogP contribution in [0, 0.1) is 5.92 Å². The van der Waals surface area contributed by atoms with E-state index in [0.29, 0.717) is 12.3 Å². The first kappa shape index (κ1) is 11.3. The Morgan fingerprint density at radius 3 is 2.86 bits per heavy atom. The first-order valence-corrected chi connectivity index (χ1v) is 5.38. The molecule has 0 aromatic rings. The SMILES string of the molecule is CCC1=C(/C=C(/F)CC)CC(C)CO1. The Morgan fingerprint density at radius 2 is 2.29 bits per heavy atom. The van der Waals surface area contributed by atoms with Gasteiger partial charge < -0.3 is 4.74 Å². The van der Waals surface area contributed by atoms with E-state index < -0.39 is 0 Å². The first-order valence-electron chi connectivity index (χ1n) is 5.38. The Labute approximate surface area is 85.6 Å². The minimum atomic E-state index is -0.0522.